The van der Waals surface area contributed by atoms with Crippen LogP contribution >= 0.6 is 0 Å². The number of fused-ring (bicyclic) bond motifs is 1. The fourth-order valence-corrected chi connectivity index (χ4v) is 5.62. The zero-order valence-corrected chi connectivity index (χ0v) is 21.4. The lowest BCUT2D eigenvalue weighted by atomic mass is 9.78. The molecule has 0 radical (unpaired) electrons. The first-order valence-corrected chi connectivity index (χ1v) is 13.0. The van der Waals surface area contributed by atoms with Crippen molar-refractivity contribution < 1.29 is 14.7 Å². The summed E-state index contributed by atoms with van der Waals surface area (Å²) in [5.74, 6) is -0.104. The fraction of sp³-hybridized carbons (Fsp3) is 0.630. The highest BCUT2D eigenvalue weighted by atomic mass is 16.3. The highest BCUT2D eigenvalue weighted by Gasteiger charge is 2.48. The van der Waals surface area contributed by atoms with E-state index in [4.69, 9.17) is 10.1 Å². The summed E-state index contributed by atoms with van der Waals surface area (Å²) in [6.45, 7) is 9.43. The van der Waals surface area contributed by atoms with Crippen LogP contribution in [0.25, 0.3) is 11.2 Å². The van der Waals surface area contributed by atoms with Crippen LogP contribution in [0.15, 0.2) is 18.3 Å². The summed E-state index contributed by atoms with van der Waals surface area (Å²) in [6.07, 6.45) is 10.5. The van der Waals surface area contributed by atoms with E-state index in [2.05, 4.69) is 26.0 Å². The Hall–Kier alpha value is -2.74. The quantitative estimate of drug-likeness (QED) is 0.721. The molecule has 2 aromatic heterocycles. The molecule has 8 nitrogen and oxygen atoms in total. The Balaban J connectivity index is 1.42. The summed E-state index contributed by atoms with van der Waals surface area (Å²) in [5, 5.41) is 15.4. The Labute approximate surface area is 207 Å². The van der Waals surface area contributed by atoms with Gasteiger partial charge in [-0.15, -0.1) is 0 Å². The number of aliphatic hydroxyl groups is 1. The number of hydrogen-bond donors (Lipinski definition) is 1. The average molecular weight is 480 g/mol. The van der Waals surface area contributed by atoms with E-state index in [-0.39, 0.29) is 17.7 Å². The van der Waals surface area contributed by atoms with Crippen molar-refractivity contribution in [3.63, 3.8) is 0 Å². The van der Waals surface area contributed by atoms with Gasteiger partial charge in [-0.1, -0.05) is 19.9 Å². The number of carbonyl (C=O) groups excluding carboxylic acids is 2. The maximum Gasteiger partial charge on any atom is 0.274 e. The van der Waals surface area contributed by atoms with E-state index in [1.807, 2.05) is 18.7 Å². The summed E-state index contributed by atoms with van der Waals surface area (Å²) in [4.78, 5) is 34.8. The molecule has 35 heavy (non-hydrogen) atoms. The van der Waals surface area contributed by atoms with Crippen LogP contribution in [0.5, 0.6) is 0 Å². The minimum absolute atomic E-state index is 0.150. The van der Waals surface area contributed by atoms with Gasteiger partial charge in [0.15, 0.2) is 5.65 Å². The number of carbonyl (C=O) groups is 2. The third-order valence-corrected chi connectivity index (χ3v) is 7.93. The van der Waals surface area contributed by atoms with Crippen molar-refractivity contribution in [3.05, 3.63) is 35.3 Å². The fourth-order valence-electron chi connectivity index (χ4n) is 5.62. The molecule has 1 saturated carbocycles. The summed E-state index contributed by atoms with van der Waals surface area (Å²) < 4.78 is 1.77. The lowest BCUT2D eigenvalue weighted by Gasteiger charge is -2.49. The predicted octanol–water partition coefficient (Wildman–Crippen LogP) is 3.79. The highest BCUT2D eigenvalue weighted by Crippen LogP contribution is 2.35. The molecule has 8 heteroatoms. The number of nitrogens with zero attached hydrogens (tertiary/aromatic N) is 5. The van der Waals surface area contributed by atoms with E-state index >= 15 is 0 Å². The summed E-state index contributed by atoms with van der Waals surface area (Å²) in [5.41, 5.74) is 2.64. The standard InChI is InChI=1S/C27H37N5O3/c1-18(2)20-15-21(19-9-6-5-7-10-19)29-32-16-22(28-23(20)32)24(33)31-14-13-30(17-26(31,3)4)25(34)27(35)11-8-12-27/h9,15-16,18,35H,5-8,10-14,17H2,1-4H3. The molecule has 0 atom stereocenters. The Morgan fingerprint density at radius 3 is 2.49 bits per heavy atom. The first kappa shape index (κ1) is 24.0. The predicted molar refractivity (Wildman–Crippen MR) is 134 cm³/mol. The van der Waals surface area contributed by atoms with Crippen LogP contribution in [0.3, 0.4) is 0 Å². The van der Waals surface area contributed by atoms with Crippen molar-refractivity contribution in [3.8, 4) is 0 Å². The minimum atomic E-state index is -1.21. The van der Waals surface area contributed by atoms with Gasteiger partial charge in [0.05, 0.1) is 17.4 Å². The first-order valence-electron chi connectivity index (χ1n) is 13.0. The van der Waals surface area contributed by atoms with Crippen molar-refractivity contribution in [1.82, 2.24) is 24.4 Å². The lowest BCUT2D eigenvalue weighted by molar-refractivity contribution is -0.164. The van der Waals surface area contributed by atoms with Gasteiger partial charge in [-0.25, -0.2) is 9.50 Å². The Morgan fingerprint density at radius 2 is 1.89 bits per heavy atom. The van der Waals surface area contributed by atoms with Crippen LogP contribution in [0.2, 0.25) is 0 Å². The van der Waals surface area contributed by atoms with Gasteiger partial charge in [0.25, 0.3) is 11.8 Å². The second kappa shape index (κ2) is 8.73. The third kappa shape index (κ3) is 4.26. The van der Waals surface area contributed by atoms with Crippen LogP contribution in [0.4, 0.5) is 0 Å². The van der Waals surface area contributed by atoms with Crippen LogP contribution in [-0.2, 0) is 4.79 Å². The normalized spacial score (nSPS) is 21.7. The molecule has 1 N–H and O–H groups in total. The SMILES string of the molecule is CC(C)c1cc(C2=CCCCC2)nn2cc(C(=O)N3CCN(C(=O)C4(O)CCC4)CC3(C)C)nc12. The number of rotatable bonds is 4. The number of imidazole rings is 1. The van der Waals surface area contributed by atoms with Crippen LogP contribution < -0.4 is 0 Å². The molecule has 2 aromatic rings. The number of allylic oxidation sites excluding steroid dienone is 2. The number of aromatic nitrogens is 3. The lowest BCUT2D eigenvalue weighted by Crippen LogP contribution is -2.65. The zero-order valence-electron chi connectivity index (χ0n) is 21.4. The molecule has 1 saturated heterocycles. The van der Waals surface area contributed by atoms with Crippen molar-refractivity contribution in [2.45, 2.75) is 89.7 Å². The second-order valence-corrected chi connectivity index (χ2v) is 11.4. The van der Waals surface area contributed by atoms with Crippen molar-refractivity contribution in [2.24, 2.45) is 0 Å². The molecule has 2 fully saturated rings. The minimum Gasteiger partial charge on any atom is -0.380 e. The first-order chi connectivity index (χ1) is 16.6. The summed E-state index contributed by atoms with van der Waals surface area (Å²) >= 11 is 0. The number of piperazine rings is 1. The van der Waals surface area contributed by atoms with Crippen molar-refractivity contribution >= 4 is 23.0 Å². The van der Waals surface area contributed by atoms with Gasteiger partial charge in [0, 0.05) is 25.2 Å². The van der Waals surface area contributed by atoms with E-state index in [1.165, 1.54) is 18.4 Å². The van der Waals surface area contributed by atoms with Gasteiger partial charge < -0.3 is 14.9 Å². The van der Waals surface area contributed by atoms with Gasteiger partial charge in [-0.05, 0) is 76.4 Å². The smallest absolute Gasteiger partial charge is 0.274 e. The van der Waals surface area contributed by atoms with Gasteiger partial charge in [-0.2, -0.15) is 5.10 Å². The average Bonchev–Trinajstić information content (AvgIpc) is 3.25. The van der Waals surface area contributed by atoms with Crippen LogP contribution in [0, 0.1) is 0 Å². The van der Waals surface area contributed by atoms with Crippen molar-refractivity contribution in [2.75, 3.05) is 19.6 Å². The van der Waals surface area contributed by atoms with Gasteiger partial charge in [0.1, 0.15) is 11.3 Å². The zero-order chi connectivity index (χ0) is 25.0. The third-order valence-electron chi connectivity index (χ3n) is 7.93. The molecule has 0 aromatic carbocycles. The van der Waals surface area contributed by atoms with Crippen molar-refractivity contribution in [1.29, 1.82) is 0 Å². The molecule has 3 heterocycles. The Morgan fingerprint density at radius 1 is 1.11 bits per heavy atom. The van der Waals surface area contributed by atoms with Crippen LogP contribution in [0.1, 0.15) is 100 Å². The Bertz CT molecular complexity index is 1190. The van der Waals surface area contributed by atoms with E-state index in [0.29, 0.717) is 38.2 Å². The number of amides is 2. The van der Waals surface area contributed by atoms with Gasteiger partial charge in [-0.3, -0.25) is 9.59 Å². The molecule has 188 valence electrons. The van der Waals surface area contributed by atoms with E-state index in [0.717, 1.165) is 36.2 Å². The van der Waals surface area contributed by atoms with Gasteiger partial charge >= 0.3 is 0 Å². The molecule has 2 aliphatic carbocycles. The van der Waals surface area contributed by atoms with E-state index < -0.39 is 11.1 Å². The van der Waals surface area contributed by atoms with Gasteiger partial charge in [0.2, 0.25) is 0 Å². The molecule has 5 rings (SSSR count). The Kier molecular flexibility index (Phi) is 5.98. The van der Waals surface area contributed by atoms with E-state index in [1.54, 1.807) is 15.6 Å². The van der Waals surface area contributed by atoms with E-state index in [9.17, 15) is 14.7 Å². The monoisotopic (exact) mass is 479 g/mol. The van der Waals surface area contributed by atoms with Crippen LogP contribution in [-0.4, -0.2) is 72.1 Å². The molecule has 0 unspecified atom stereocenters. The number of hydrogen-bond acceptors (Lipinski definition) is 5. The molecule has 3 aliphatic rings. The topological polar surface area (TPSA) is 91.0 Å². The molecule has 0 bridgehead atoms. The largest absolute Gasteiger partial charge is 0.380 e. The molecule has 0 spiro atoms. The summed E-state index contributed by atoms with van der Waals surface area (Å²) in [7, 11) is 0. The molecular weight excluding hydrogens is 442 g/mol. The molecule has 1 aliphatic heterocycles. The highest BCUT2D eigenvalue weighted by molar-refractivity contribution is 5.94. The maximum absolute atomic E-state index is 13.7. The summed E-state index contributed by atoms with van der Waals surface area (Å²) in [6, 6.07) is 2.14. The second-order valence-electron chi connectivity index (χ2n) is 11.4. The maximum atomic E-state index is 13.7. The molecule has 2 amide bonds. The molecular formula is C27H37N5O3.